The van der Waals surface area contributed by atoms with Crippen molar-refractivity contribution < 1.29 is 30.8 Å². The van der Waals surface area contributed by atoms with Crippen molar-refractivity contribution in [1.82, 2.24) is 5.32 Å². The SMILES string of the molecule is CCS(=O)(=O)c1ccc(CNC(=O)c2ccc3cc(Cc4ccc(Cl)cc4C(F)(F)F)oc3c2)cc1. The van der Waals surface area contributed by atoms with Crippen LogP contribution in [0.1, 0.15) is 39.7 Å². The first-order valence-corrected chi connectivity index (χ1v) is 13.0. The highest BCUT2D eigenvalue weighted by Crippen LogP contribution is 2.35. The summed E-state index contributed by atoms with van der Waals surface area (Å²) in [6, 6.07) is 16.3. The molecule has 36 heavy (non-hydrogen) atoms. The number of carbonyl (C=O) groups is 1. The van der Waals surface area contributed by atoms with Crippen LogP contribution in [0.15, 0.2) is 76.0 Å². The third-order valence-electron chi connectivity index (χ3n) is 5.69. The second-order valence-corrected chi connectivity index (χ2v) is 10.9. The molecule has 1 aromatic heterocycles. The molecule has 0 saturated carbocycles. The third-order valence-corrected chi connectivity index (χ3v) is 7.68. The fourth-order valence-corrected chi connectivity index (χ4v) is 4.79. The monoisotopic (exact) mass is 535 g/mol. The van der Waals surface area contributed by atoms with Gasteiger partial charge in [-0.05, 0) is 53.6 Å². The minimum absolute atomic E-state index is 0.00322. The molecule has 1 amide bonds. The molecule has 4 rings (SSSR count). The predicted octanol–water partition coefficient (Wildman–Crippen LogP) is 6.42. The first kappa shape index (κ1) is 25.8. The smallest absolute Gasteiger partial charge is 0.416 e. The molecule has 3 aromatic carbocycles. The van der Waals surface area contributed by atoms with Crippen LogP contribution in [0, 0.1) is 0 Å². The summed E-state index contributed by atoms with van der Waals surface area (Å²) in [4.78, 5) is 12.9. The summed E-state index contributed by atoms with van der Waals surface area (Å²) in [6.07, 6.45) is -4.64. The summed E-state index contributed by atoms with van der Waals surface area (Å²) in [5.74, 6) is -0.0573. The number of furan rings is 1. The van der Waals surface area contributed by atoms with Crippen LogP contribution in [0.4, 0.5) is 13.2 Å². The molecule has 0 spiro atoms. The molecule has 0 atom stereocenters. The maximum Gasteiger partial charge on any atom is 0.416 e. The van der Waals surface area contributed by atoms with E-state index in [1.54, 1.807) is 37.3 Å². The Morgan fingerprint density at radius 3 is 2.39 bits per heavy atom. The van der Waals surface area contributed by atoms with Gasteiger partial charge in [-0.3, -0.25) is 4.79 Å². The number of nitrogens with one attached hydrogen (secondary N) is 1. The molecule has 1 N–H and O–H groups in total. The zero-order valence-corrected chi connectivity index (χ0v) is 20.6. The number of halogens is 4. The van der Waals surface area contributed by atoms with E-state index in [2.05, 4.69) is 5.32 Å². The summed E-state index contributed by atoms with van der Waals surface area (Å²) >= 11 is 5.75. The van der Waals surface area contributed by atoms with Gasteiger partial charge in [0.2, 0.25) is 0 Å². The molecular weight excluding hydrogens is 515 g/mol. The number of hydrogen-bond donors (Lipinski definition) is 1. The molecule has 0 aliphatic carbocycles. The first-order chi connectivity index (χ1) is 17.0. The van der Waals surface area contributed by atoms with E-state index in [1.165, 1.54) is 30.3 Å². The molecule has 0 aliphatic rings. The standard InChI is InChI=1S/C26H21ClF3NO4S/c1-2-36(33,34)22-9-3-16(4-10-22)15-31-25(32)19-6-5-18-12-21(35-24(18)13-19)11-17-7-8-20(27)14-23(17)26(28,29)30/h3-10,12-14H,2,11,15H2,1H3,(H,31,32). The number of carbonyl (C=O) groups excluding carboxylic acids is 1. The molecule has 0 fully saturated rings. The van der Waals surface area contributed by atoms with E-state index < -0.39 is 21.6 Å². The van der Waals surface area contributed by atoms with Gasteiger partial charge < -0.3 is 9.73 Å². The summed E-state index contributed by atoms with van der Waals surface area (Å²) in [7, 11) is -3.30. The summed E-state index contributed by atoms with van der Waals surface area (Å²) in [5, 5.41) is 3.40. The van der Waals surface area contributed by atoms with Crippen LogP contribution in [0.25, 0.3) is 11.0 Å². The highest BCUT2D eigenvalue weighted by Gasteiger charge is 2.33. The lowest BCUT2D eigenvalue weighted by atomic mass is 10.0. The Morgan fingerprint density at radius 2 is 1.72 bits per heavy atom. The Morgan fingerprint density at radius 1 is 1.00 bits per heavy atom. The topological polar surface area (TPSA) is 76.4 Å². The van der Waals surface area contributed by atoms with Gasteiger partial charge in [0, 0.05) is 28.9 Å². The molecule has 0 unspecified atom stereocenters. The van der Waals surface area contributed by atoms with Crippen molar-refractivity contribution >= 4 is 38.3 Å². The van der Waals surface area contributed by atoms with Crippen LogP contribution in [0.3, 0.4) is 0 Å². The van der Waals surface area contributed by atoms with Crippen molar-refractivity contribution in [1.29, 1.82) is 0 Å². The highest BCUT2D eigenvalue weighted by atomic mass is 35.5. The van der Waals surface area contributed by atoms with E-state index in [-0.39, 0.29) is 40.1 Å². The molecule has 1 heterocycles. The molecule has 10 heteroatoms. The predicted molar refractivity (Wildman–Crippen MR) is 131 cm³/mol. The minimum Gasteiger partial charge on any atom is -0.461 e. The van der Waals surface area contributed by atoms with Gasteiger partial charge in [0.15, 0.2) is 9.84 Å². The molecule has 0 aliphatic heterocycles. The van der Waals surface area contributed by atoms with Crippen LogP contribution >= 0.6 is 11.6 Å². The Hall–Kier alpha value is -3.30. The number of sulfone groups is 1. The van der Waals surface area contributed by atoms with Gasteiger partial charge in [-0.25, -0.2) is 8.42 Å². The molecule has 4 aromatic rings. The van der Waals surface area contributed by atoms with Crippen LogP contribution in [0.2, 0.25) is 5.02 Å². The van der Waals surface area contributed by atoms with Gasteiger partial charge in [-0.2, -0.15) is 13.2 Å². The third kappa shape index (κ3) is 5.74. The molecule has 0 radical (unpaired) electrons. The summed E-state index contributed by atoms with van der Waals surface area (Å²) in [5.41, 5.74) is 0.617. The van der Waals surface area contributed by atoms with Gasteiger partial charge in [-0.1, -0.05) is 42.8 Å². The average molecular weight is 536 g/mol. The van der Waals surface area contributed by atoms with Crippen LogP contribution < -0.4 is 5.32 Å². The van der Waals surface area contributed by atoms with Crippen molar-refractivity contribution in [2.75, 3.05) is 5.75 Å². The van der Waals surface area contributed by atoms with Gasteiger partial charge in [0.1, 0.15) is 11.3 Å². The number of rotatable bonds is 7. The van der Waals surface area contributed by atoms with E-state index >= 15 is 0 Å². The fraction of sp³-hybridized carbons (Fsp3) is 0.192. The molecule has 5 nitrogen and oxygen atoms in total. The molecule has 0 saturated heterocycles. The Kier molecular flexibility index (Phi) is 7.15. The second-order valence-electron chi connectivity index (χ2n) is 8.17. The van der Waals surface area contributed by atoms with E-state index in [4.69, 9.17) is 16.0 Å². The van der Waals surface area contributed by atoms with E-state index in [0.717, 1.165) is 11.6 Å². The quantitative estimate of drug-likeness (QED) is 0.296. The van der Waals surface area contributed by atoms with Crippen LogP contribution in [0.5, 0.6) is 0 Å². The van der Waals surface area contributed by atoms with Gasteiger partial charge in [-0.15, -0.1) is 0 Å². The second kappa shape index (κ2) is 9.99. The van der Waals surface area contributed by atoms with E-state index in [1.807, 2.05) is 0 Å². The lowest BCUT2D eigenvalue weighted by molar-refractivity contribution is -0.138. The van der Waals surface area contributed by atoms with E-state index in [0.29, 0.717) is 22.3 Å². The maximum absolute atomic E-state index is 13.4. The van der Waals surface area contributed by atoms with Crippen molar-refractivity contribution in [2.45, 2.75) is 31.0 Å². The lowest BCUT2D eigenvalue weighted by Crippen LogP contribution is -2.22. The van der Waals surface area contributed by atoms with Gasteiger partial charge in [0.05, 0.1) is 16.2 Å². The molecule has 0 bridgehead atoms. The van der Waals surface area contributed by atoms with Crippen molar-refractivity contribution in [3.05, 3.63) is 99.8 Å². The van der Waals surface area contributed by atoms with Gasteiger partial charge >= 0.3 is 6.18 Å². The number of hydrogen-bond acceptors (Lipinski definition) is 4. The number of benzene rings is 3. The van der Waals surface area contributed by atoms with Gasteiger partial charge in [0.25, 0.3) is 5.91 Å². The fourth-order valence-electron chi connectivity index (χ4n) is 3.73. The van der Waals surface area contributed by atoms with Crippen LogP contribution in [-0.2, 0) is 29.0 Å². The summed E-state index contributed by atoms with van der Waals surface area (Å²) < 4.78 is 69.8. The minimum atomic E-state index is -4.55. The van der Waals surface area contributed by atoms with Crippen molar-refractivity contribution in [3.63, 3.8) is 0 Å². The normalized spacial score (nSPS) is 12.1. The largest absolute Gasteiger partial charge is 0.461 e. The zero-order chi connectivity index (χ0) is 26.1. The Balaban J connectivity index is 1.47. The first-order valence-electron chi connectivity index (χ1n) is 10.9. The van der Waals surface area contributed by atoms with Crippen LogP contribution in [-0.4, -0.2) is 20.1 Å². The number of fused-ring (bicyclic) bond motifs is 1. The molecular formula is C26H21ClF3NO4S. The van der Waals surface area contributed by atoms with E-state index in [9.17, 15) is 26.4 Å². The number of amides is 1. The number of alkyl halides is 3. The highest BCUT2D eigenvalue weighted by molar-refractivity contribution is 7.91. The lowest BCUT2D eigenvalue weighted by Gasteiger charge is -2.12. The molecule has 188 valence electrons. The van der Waals surface area contributed by atoms with Crippen molar-refractivity contribution in [3.8, 4) is 0 Å². The van der Waals surface area contributed by atoms with Crippen molar-refractivity contribution in [2.24, 2.45) is 0 Å². The Bertz CT molecular complexity index is 1530. The average Bonchev–Trinajstić information content (AvgIpc) is 3.24. The maximum atomic E-state index is 13.4. The Labute approximate surface area is 210 Å². The zero-order valence-electron chi connectivity index (χ0n) is 19.0. The summed E-state index contributed by atoms with van der Waals surface area (Å²) in [6.45, 7) is 1.75.